The van der Waals surface area contributed by atoms with Crippen molar-refractivity contribution in [3.63, 3.8) is 0 Å². The molecule has 1 aliphatic rings. The van der Waals surface area contributed by atoms with Crippen LogP contribution in [0.2, 0.25) is 0 Å². The second-order valence-electron chi connectivity index (χ2n) is 5.80. The summed E-state index contributed by atoms with van der Waals surface area (Å²) in [5.74, 6) is 1.39. The van der Waals surface area contributed by atoms with Gasteiger partial charge in [0, 0.05) is 36.8 Å². The lowest BCUT2D eigenvalue weighted by Gasteiger charge is -2.12. The fraction of sp³-hybridized carbons (Fsp3) is 0.353. The van der Waals surface area contributed by atoms with Crippen LogP contribution in [-0.4, -0.2) is 32.5 Å². The molecule has 23 heavy (non-hydrogen) atoms. The Bertz CT molecular complexity index is 877. The highest BCUT2D eigenvalue weighted by atomic mass is 16.5. The van der Waals surface area contributed by atoms with E-state index in [1.807, 2.05) is 36.7 Å². The number of hydrogen-bond acceptors (Lipinski definition) is 4. The Morgan fingerprint density at radius 1 is 1.26 bits per heavy atom. The first-order chi connectivity index (χ1) is 11.3. The normalized spacial score (nSPS) is 17.8. The molecule has 4 rings (SSSR count). The summed E-state index contributed by atoms with van der Waals surface area (Å²) in [6, 6.07) is 7.54. The molecule has 0 spiro atoms. The summed E-state index contributed by atoms with van der Waals surface area (Å²) in [7, 11) is 0. The van der Waals surface area contributed by atoms with Crippen molar-refractivity contribution in [3.8, 4) is 0 Å². The molecule has 1 atom stereocenters. The van der Waals surface area contributed by atoms with Gasteiger partial charge in [-0.25, -0.2) is 9.67 Å². The van der Waals surface area contributed by atoms with Crippen LogP contribution in [0.15, 0.2) is 47.7 Å². The molecule has 6 heteroatoms. The van der Waals surface area contributed by atoms with E-state index in [1.165, 1.54) is 4.68 Å². The summed E-state index contributed by atoms with van der Waals surface area (Å²) in [5, 5.41) is 5.86. The number of aryl methyl sites for hydroxylation is 2. The van der Waals surface area contributed by atoms with Crippen molar-refractivity contribution >= 4 is 10.8 Å². The summed E-state index contributed by atoms with van der Waals surface area (Å²) in [5.41, 5.74) is -0.0473. The summed E-state index contributed by atoms with van der Waals surface area (Å²) in [6.45, 7) is 2.73. The van der Waals surface area contributed by atoms with Crippen molar-refractivity contribution in [1.82, 2.24) is 19.3 Å². The third-order valence-corrected chi connectivity index (χ3v) is 4.36. The molecular weight excluding hydrogens is 292 g/mol. The van der Waals surface area contributed by atoms with Crippen LogP contribution in [-0.2, 0) is 17.8 Å². The molecule has 1 aromatic carbocycles. The van der Waals surface area contributed by atoms with Gasteiger partial charge in [0.2, 0.25) is 0 Å². The zero-order valence-electron chi connectivity index (χ0n) is 12.8. The van der Waals surface area contributed by atoms with E-state index in [9.17, 15) is 4.79 Å². The van der Waals surface area contributed by atoms with E-state index in [0.717, 1.165) is 30.8 Å². The van der Waals surface area contributed by atoms with E-state index in [4.69, 9.17) is 4.74 Å². The maximum atomic E-state index is 12.5. The number of nitrogens with zero attached hydrogens (tertiary/aromatic N) is 4. The molecule has 0 saturated carbocycles. The molecule has 0 N–H and O–H groups in total. The molecule has 3 heterocycles. The molecule has 0 aliphatic carbocycles. The van der Waals surface area contributed by atoms with Crippen molar-refractivity contribution < 1.29 is 4.74 Å². The minimum absolute atomic E-state index is 0.0473. The summed E-state index contributed by atoms with van der Waals surface area (Å²) in [4.78, 5) is 16.9. The molecule has 0 radical (unpaired) electrons. The van der Waals surface area contributed by atoms with E-state index < -0.39 is 0 Å². The number of imidazole rings is 1. The highest BCUT2D eigenvalue weighted by Crippen LogP contribution is 2.23. The lowest BCUT2D eigenvalue weighted by atomic mass is 10.1. The van der Waals surface area contributed by atoms with Gasteiger partial charge in [-0.05, 0) is 12.5 Å². The minimum Gasteiger partial charge on any atom is -0.381 e. The van der Waals surface area contributed by atoms with Gasteiger partial charge in [-0.2, -0.15) is 5.10 Å². The third kappa shape index (κ3) is 2.66. The Labute approximate surface area is 133 Å². The van der Waals surface area contributed by atoms with Gasteiger partial charge in [-0.3, -0.25) is 4.79 Å². The molecule has 2 aromatic heterocycles. The molecular formula is C17H18N4O2. The average molecular weight is 310 g/mol. The Morgan fingerprint density at radius 2 is 2.17 bits per heavy atom. The Morgan fingerprint density at radius 3 is 3.04 bits per heavy atom. The number of hydrogen-bond donors (Lipinski definition) is 0. The predicted octanol–water partition coefficient (Wildman–Crippen LogP) is 1.80. The molecule has 0 unspecified atom stereocenters. The number of benzene rings is 1. The van der Waals surface area contributed by atoms with E-state index in [1.54, 1.807) is 6.20 Å². The monoisotopic (exact) mass is 310 g/mol. The van der Waals surface area contributed by atoms with Crippen LogP contribution in [0.1, 0.15) is 18.2 Å². The topological polar surface area (TPSA) is 61.9 Å². The molecule has 1 fully saturated rings. The van der Waals surface area contributed by atoms with Gasteiger partial charge in [0.1, 0.15) is 5.82 Å². The van der Waals surface area contributed by atoms with Crippen molar-refractivity contribution in [2.75, 3.05) is 13.2 Å². The van der Waals surface area contributed by atoms with Crippen LogP contribution in [0.3, 0.4) is 0 Å². The second kappa shape index (κ2) is 5.96. The Hall–Kier alpha value is -2.47. The van der Waals surface area contributed by atoms with E-state index in [-0.39, 0.29) is 5.56 Å². The van der Waals surface area contributed by atoms with E-state index in [0.29, 0.717) is 24.4 Å². The van der Waals surface area contributed by atoms with Gasteiger partial charge in [-0.1, -0.05) is 18.2 Å². The lowest BCUT2D eigenvalue weighted by molar-refractivity contribution is 0.192. The first-order valence-corrected chi connectivity index (χ1v) is 7.86. The summed E-state index contributed by atoms with van der Waals surface area (Å²) < 4.78 is 9.07. The van der Waals surface area contributed by atoms with Gasteiger partial charge in [0.05, 0.1) is 24.7 Å². The maximum Gasteiger partial charge on any atom is 0.274 e. The Balaban J connectivity index is 1.57. The van der Waals surface area contributed by atoms with Crippen LogP contribution in [0, 0.1) is 0 Å². The zero-order valence-corrected chi connectivity index (χ0v) is 12.8. The van der Waals surface area contributed by atoms with Gasteiger partial charge in [0.25, 0.3) is 5.56 Å². The first-order valence-electron chi connectivity index (χ1n) is 7.86. The number of fused-ring (bicyclic) bond motifs is 1. The van der Waals surface area contributed by atoms with Crippen molar-refractivity contribution in [2.45, 2.75) is 25.4 Å². The standard InChI is InChI=1S/C17H18N4O2/c22-17-15-4-2-1-3-13(15)11-19-21(17)9-8-20-7-6-18-16(20)14-5-10-23-12-14/h1-4,6-7,11,14H,5,8-10,12H2/t14-/m0/s1. The van der Waals surface area contributed by atoms with E-state index in [2.05, 4.69) is 14.6 Å². The van der Waals surface area contributed by atoms with Crippen LogP contribution in [0.5, 0.6) is 0 Å². The quantitative estimate of drug-likeness (QED) is 0.737. The van der Waals surface area contributed by atoms with Crippen molar-refractivity contribution in [2.24, 2.45) is 0 Å². The molecule has 118 valence electrons. The third-order valence-electron chi connectivity index (χ3n) is 4.36. The number of rotatable bonds is 4. The van der Waals surface area contributed by atoms with Crippen molar-refractivity contribution in [3.05, 3.63) is 59.0 Å². The smallest absolute Gasteiger partial charge is 0.274 e. The zero-order chi connectivity index (χ0) is 15.6. The van der Waals surface area contributed by atoms with Crippen molar-refractivity contribution in [1.29, 1.82) is 0 Å². The predicted molar refractivity (Wildman–Crippen MR) is 86.4 cm³/mol. The molecule has 0 amide bonds. The highest BCUT2D eigenvalue weighted by molar-refractivity contribution is 5.80. The molecule has 3 aromatic rings. The fourth-order valence-electron chi connectivity index (χ4n) is 3.10. The lowest BCUT2D eigenvalue weighted by Crippen LogP contribution is -2.25. The van der Waals surface area contributed by atoms with Gasteiger partial charge >= 0.3 is 0 Å². The molecule has 1 saturated heterocycles. The van der Waals surface area contributed by atoms with E-state index >= 15 is 0 Å². The molecule has 1 aliphatic heterocycles. The SMILES string of the molecule is O=c1c2ccccc2cnn1CCn1ccnc1[C@H]1CCOC1. The maximum absolute atomic E-state index is 12.5. The summed E-state index contributed by atoms with van der Waals surface area (Å²) >= 11 is 0. The fourth-order valence-corrected chi connectivity index (χ4v) is 3.10. The summed E-state index contributed by atoms with van der Waals surface area (Å²) in [6.07, 6.45) is 6.52. The number of ether oxygens (including phenoxy) is 1. The highest BCUT2D eigenvalue weighted by Gasteiger charge is 2.22. The minimum atomic E-state index is -0.0473. The van der Waals surface area contributed by atoms with Gasteiger partial charge in [0.15, 0.2) is 0 Å². The van der Waals surface area contributed by atoms with Crippen LogP contribution in [0.25, 0.3) is 10.8 Å². The average Bonchev–Trinajstić information content (AvgIpc) is 3.25. The number of aromatic nitrogens is 4. The Kier molecular flexibility index (Phi) is 3.67. The van der Waals surface area contributed by atoms with Crippen LogP contribution < -0.4 is 5.56 Å². The molecule has 6 nitrogen and oxygen atoms in total. The largest absolute Gasteiger partial charge is 0.381 e. The van der Waals surface area contributed by atoms with Gasteiger partial charge < -0.3 is 9.30 Å². The van der Waals surface area contributed by atoms with Gasteiger partial charge in [-0.15, -0.1) is 0 Å². The first kappa shape index (κ1) is 14.1. The van der Waals surface area contributed by atoms with Crippen LogP contribution in [0.4, 0.5) is 0 Å². The van der Waals surface area contributed by atoms with Crippen LogP contribution >= 0.6 is 0 Å². The molecule has 0 bridgehead atoms. The second-order valence-corrected chi connectivity index (χ2v) is 5.80.